The van der Waals surface area contributed by atoms with E-state index in [4.69, 9.17) is 0 Å². The summed E-state index contributed by atoms with van der Waals surface area (Å²) in [4.78, 5) is 9.40. The zero-order valence-corrected chi connectivity index (χ0v) is 76.1. The van der Waals surface area contributed by atoms with Gasteiger partial charge in [-0.1, -0.05) is 301 Å². The van der Waals surface area contributed by atoms with Crippen LogP contribution in [0.25, 0.3) is 133 Å². The third-order valence-corrected chi connectivity index (χ3v) is 26.4. The molecule has 648 valence electrons. The first kappa shape index (κ1) is 82.7. The van der Waals surface area contributed by atoms with Crippen molar-refractivity contribution in [3.8, 4) is 67.8 Å². The van der Waals surface area contributed by atoms with E-state index in [-0.39, 0.29) is 0 Å². The Bertz CT molecular complexity index is 7800. The molecule has 0 N–H and O–H groups in total. The van der Waals surface area contributed by atoms with E-state index in [0.29, 0.717) is 0 Å². The lowest BCUT2D eigenvalue weighted by atomic mass is 10.1. The number of fused-ring (bicyclic) bond motifs is 6. The topological polar surface area (TPSA) is 32.7 Å². The highest BCUT2D eigenvalue weighted by molar-refractivity contribution is 6.06. The van der Waals surface area contributed by atoms with Crippen LogP contribution in [0.2, 0.25) is 0 Å². The molecule has 0 unspecified atom stereocenters. The third kappa shape index (κ3) is 15.8. The van der Waals surface area contributed by atoms with Gasteiger partial charge in [-0.05, 0) is 291 Å². The lowest BCUT2D eigenvalue weighted by Gasteiger charge is -2.27. The number of benzene rings is 20. The molecule has 0 aliphatic heterocycles. The lowest BCUT2D eigenvalue weighted by Crippen LogP contribution is -2.10. The van der Waals surface area contributed by atoms with Gasteiger partial charge in [-0.3, -0.25) is 0 Å². The van der Waals surface area contributed by atoms with E-state index in [2.05, 4.69) is 575 Å². The molecule has 8 heteroatoms. The van der Waals surface area contributed by atoms with E-state index in [1.165, 1.54) is 76.5 Å². The molecule has 0 aliphatic carbocycles. The van der Waals surface area contributed by atoms with Crippen molar-refractivity contribution in [3.05, 3.63) is 532 Å². The van der Waals surface area contributed by atoms with E-state index >= 15 is 0 Å². The first-order chi connectivity index (χ1) is 67.1. The summed E-state index contributed by atoms with van der Waals surface area (Å²) in [5.41, 5.74) is 36.5. The van der Waals surface area contributed by atoms with Crippen molar-refractivity contribution in [1.29, 1.82) is 0 Å². The molecule has 24 aromatic rings. The summed E-state index contributed by atoms with van der Waals surface area (Å²) < 4.78 is 9.71. The van der Waals surface area contributed by atoms with Gasteiger partial charge in [-0.15, -0.1) is 0 Å². The second kappa shape index (κ2) is 35.9. The first-order valence-electron chi connectivity index (χ1n) is 46.7. The standard InChI is InChI=1S/C66H46N4.C62H50N4/c1-5-21-49(22-6-1)63-43-51-45-66-52(46-65(51)69(63)57-39-35-55(36-40-57)67(53-27-9-3-10-28-53)61-33-17-25-47-19-13-15-31-59(47)61)44-64(50-23-7-2-8-24-50)70(66)58-41-37-56(38-42-58)68(54-29-11-4-12-30-54)62-34-18-26-48-20-14-16-32-60(48)62;1-43-15-23-51(24-16-43)63(52-25-17-44(2)18-26-52)55-31-35-57(36-32-55)65-59(47-11-7-5-8-12-47)39-49-42-62-50(41-61(49)65)40-60(48-13-9-6-10-14-48)66(62)58-37-33-56(34-38-58)64(53-27-19-45(3)20-28-53)54-29-21-46(4)22-30-54/h1-46H;5-42H,1-4H3. The minimum atomic E-state index is 1.09. The van der Waals surface area contributed by atoms with Gasteiger partial charge in [0.25, 0.3) is 0 Å². The van der Waals surface area contributed by atoms with Gasteiger partial charge in [0.2, 0.25) is 0 Å². The summed E-state index contributed by atoms with van der Waals surface area (Å²) in [6.45, 7) is 8.54. The quantitative estimate of drug-likeness (QED) is 0.0761. The van der Waals surface area contributed by atoms with Gasteiger partial charge >= 0.3 is 0 Å². The van der Waals surface area contributed by atoms with E-state index in [1.807, 2.05) is 0 Å². The largest absolute Gasteiger partial charge is 0.311 e. The molecule has 0 atom stereocenters. The second-order valence-electron chi connectivity index (χ2n) is 35.3. The van der Waals surface area contributed by atoms with Gasteiger partial charge in [-0.2, -0.15) is 0 Å². The predicted molar refractivity (Wildman–Crippen MR) is 575 cm³/mol. The summed E-state index contributed by atoms with van der Waals surface area (Å²) in [6, 6.07) is 185. The molecule has 20 aromatic carbocycles. The van der Waals surface area contributed by atoms with Gasteiger partial charge in [0, 0.05) is 112 Å². The fraction of sp³-hybridized carbons (Fsp3) is 0.0312. The molecular weight excluding hydrogens is 1650 g/mol. The van der Waals surface area contributed by atoms with Crippen LogP contribution in [-0.2, 0) is 0 Å². The fourth-order valence-electron chi connectivity index (χ4n) is 19.7. The third-order valence-electron chi connectivity index (χ3n) is 26.4. The van der Waals surface area contributed by atoms with Crippen molar-refractivity contribution < 1.29 is 0 Å². The van der Waals surface area contributed by atoms with Crippen LogP contribution in [0.4, 0.5) is 68.2 Å². The van der Waals surface area contributed by atoms with Crippen molar-refractivity contribution in [2.75, 3.05) is 19.6 Å². The number of hydrogen-bond acceptors (Lipinski definition) is 4. The zero-order valence-electron chi connectivity index (χ0n) is 76.1. The number of anilines is 12. The molecule has 8 nitrogen and oxygen atoms in total. The summed E-state index contributed by atoms with van der Waals surface area (Å²) in [6.07, 6.45) is 0. The lowest BCUT2D eigenvalue weighted by molar-refractivity contribution is 1.13. The molecule has 0 amide bonds. The Kier molecular flexibility index (Phi) is 21.8. The molecule has 0 bridgehead atoms. The molecule has 0 aliphatic rings. The molecule has 0 spiro atoms. The molecule has 0 radical (unpaired) electrons. The van der Waals surface area contributed by atoms with Crippen molar-refractivity contribution >= 4 is 133 Å². The summed E-state index contributed by atoms with van der Waals surface area (Å²) in [7, 11) is 0. The Morgan fingerprint density at radius 3 is 0.581 bits per heavy atom. The van der Waals surface area contributed by atoms with E-state index in [9.17, 15) is 0 Å². The average Bonchev–Trinajstić information content (AvgIpc) is 1.58. The number of hydrogen-bond donors (Lipinski definition) is 0. The fourth-order valence-corrected chi connectivity index (χ4v) is 19.7. The first-order valence-corrected chi connectivity index (χ1v) is 46.7. The molecular formula is C128H96N8. The Morgan fingerprint density at radius 2 is 0.338 bits per heavy atom. The van der Waals surface area contributed by atoms with E-state index < -0.39 is 0 Å². The average molecular weight is 1750 g/mol. The smallest absolute Gasteiger partial charge is 0.0542 e. The Morgan fingerprint density at radius 1 is 0.147 bits per heavy atom. The van der Waals surface area contributed by atoms with Gasteiger partial charge in [0.05, 0.1) is 56.2 Å². The minimum absolute atomic E-state index is 1.09. The number of aromatic nitrogens is 4. The van der Waals surface area contributed by atoms with Gasteiger partial charge in [0.15, 0.2) is 0 Å². The maximum atomic E-state index is 2.43. The molecule has 0 saturated heterocycles. The van der Waals surface area contributed by atoms with Gasteiger partial charge < -0.3 is 37.9 Å². The highest BCUT2D eigenvalue weighted by atomic mass is 15.2. The Balaban J connectivity index is 0.000000153. The number of aryl methyl sites for hydroxylation is 4. The second-order valence-corrected chi connectivity index (χ2v) is 35.3. The molecule has 24 rings (SSSR count). The molecule has 136 heavy (non-hydrogen) atoms. The zero-order chi connectivity index (χ0) is 91.1. The van der Waals surface area contributed by atoms with Crippen molar-refractivity contribution in [2.45, 2.75) is 27.7 Å². The number of para-hydroxylation sites is 2. The van der Waals surface area contributed by atoms with E-state index in [0.717, 1.165) is 147 Å². The SMILES string of the molecule is Cc1ccc(N(c2ccc(C)cc2)c2ccc(-n3c(-c4ccccc4)cc4cc5c(cc(-c6ccccc6)n5-c5ccc(N(c6ccc(C)cc6)c6ccc(C)cc6)cc5)cc43)cc2)cc1.c1ccc(-c2cc3cc4c(cc(-c5ccccc5)n4-c4ccc(N(c5ccccc5)c5cccc6ccccc56)cc4)cc3n2-c2ccc(N(c3ccccc3)c3cccc4ccccc34)cc2)cc1. The van der Waals surface area contributed by atoms with Crippen LogP contribution in [0.3, 0.4) is 0 Å². The molecule has 4 heterocycles. The summed E-state index contributed by atoms with van der Waals surface area (Å²) >= 11 is 0. The number of rotatable bonds is 20. The summed E-state index contributed by atoms with van der Waals surface area (Å²) in [5, 5.41) is 9.51. The van der Waals surface area contributed by atoms with Crippen LogP contribution in [0.15, 0.2) is 510 Å². The van der Waals surface area contributed by atoms with Crippen molar-refractivity contribution in [1.82, 2.24) is 18.3 Å². The van der Waals surface area contributed by atoms with Crippen LogP contribution in [-0.4, -0.2) is 18.3 Å². The predicted octanol–water partition coefficient (Wildman–Crippen LogP) is 35.2. The molecule has 4 aromatic heterocycles. The summed E-state index contributed by atoms with van der Waals surface area (Å²) in [5.74, 6) is 0. The van der Waals surface area contributed by atoms with Crippen LogP contribution in [0.5, 0.6) is 0 Å². The van der Waals surface area contributed by atoms with Crippen LogP contribution >= 0.6 is 0 Å². The minimum Gasteiger partial charge on any atom is -0.311 e. The molecule has 0 saturated carbocycles. The highest BCUT2D eigenvalue weighted by Crippen LogP contribution is 2.48. The monoisotopic (exact) mass is 1740 g/mol. The number of nitrogens with zero attached hydrogens (tertiary/aromatic N) is 8. The normalized spacial score (nSPS) is 11.4. The Labute approximate surface area is 793 Å². The van der Waals surface area contributed by atoms with Crippen LogP contribution in [0, 0.1) is 27.7 Å². The van der Waals surface area contributed by atoms with Crippen molar-refractivity contribution in [2.24, 2.45) is 0 Å². The maximum Gasteiger partial charge on any atom is 0.0542 e. The van der Waals surface area contributed by atoms with E-state index in [1.54, 1.807) is 0 Å². The Hall–Kier alpha value is -17.7. The van der Waals surface area contributed by atoms with Crippen LogP contribution in [0.1, 0.15) is 22.3 Å². The molecule has 0 fully saturated rings. The van der Waals surface area contributed by atoms with Gasteiger partial charge in [0.1, 0.15) is 0 Å². The van der Waals surface area contributed by atoms with Crippen molar-refractivity contribution in [3.63, 3.8) is 0 Å². The van der Waals surface area contributed by atoms with Gasteiger partial charge in [-0.25, -0.2) is 0 Å². The van der Waals surface area contributed by atoms with Crippen LogP contribution < -0.4 is 19.6 Å². The highest BCUT2D eigenvalue weighted by Gasteiger charge is 2.26. The maximum absolute atomic E-state index is 2.43.